The Morgan fingerprint density at radius 2 is 1.97 bits per heavy atom. The highest BCUT2D eigenvalue weighted by molar-refractivity contribution is 9.10. The van der Waals surface area contributed by atoms with Gasteiger partial charge in [-0.25, -0.2) is 0 Å². The number of halogens is 1. The molecule has 5 rings (SSSR count). The molecule has 1 N–H and O–H groups in total. The average molecular weight is 542 g/mol. The third kappa shape index (κ3) is 5.05. The van der Waals surface area contributed by atoms with Crippen molar-refractivity contribution in [1.29, 1.82) is 0 Å². The van der Waals surface area contributed by atoms with Gasteiger partial charge in [-0.05, 0) is 67.5 Å². The van der Waals surface area contributed by atoms with E-state index in [1.54, 1.807) is 0 Å². The second kappa shape index (κ2) is 10.6. The van der Waals surface area contributed by atoms with E-state index in [1.807, 2.05) is 30.5 Å². The quantitative estimate of drug-likeness (QED) is 0.418. The van der Waals surface area contributed by atoms with Gasteiger partial charge in [0.2, 0.25) is 0 Å². The third-order valence-corrected chi connectivity index (χ3v) is 7.49. The number of nitrogens with one attached hydrogen (secondary N) is 1. The predicted molar refractivity (Wildman–Crippen MR) is 141 cm³/mol. The van der Waals surface area contributed by atoms with Gasteiger partial charge in [0.25, 0.3) is 0 Å². The van der Waals surface area contributed by atoms with E-state index in [9.17, 15) is 0 Å². The van der Waals surface area contributed by atoms with Crippen LogP contribution in [0, 0.1) is 6.92 Å². The summed E-state index contributed by atoms with van der Waals surface area (Å²) in [5.74, 6) is 1.73. The number of morpholine rings is 1. The number of rotatable bonds is 7. The fourth-order valence-electron chi connectivity index (χ4n) is 4.72. The summed E-state index contributed by atoms with van der Waals surface area (Å²) >= 11 is 9.50. The molecule has 178 valence electrons. The highest BCUT2D eigenvalue weighted by Crippen LogP contribution is 2.41. The summed E-state index contributed by atoms with van der Waals surface area (Å²) in [5.41, 5.74) is 3.20. The number of benzene rings is 1. The van der Waals surface area contributed by atoms with Gasteiger partial charge in [-0.1, -0.05) is 28.1 Å². The summed E-state index contributed by atoms with van der Waals surface area (Å²) in [6.45, 7) is 7.59. The molecule has 0 saturated carbocycles. The first kappa shape index (κ1) is 23.5. The fraction of sp³-hybridized carbons (Fsp3) is 0.385. The van der Waals surface area contributed by atoms with Crippen molar-refractivity contribution >= 4 is 33.3 Å². The highest BCUT2D eigenvalue weighted by Gasteiger charge is 2.41. The molecular formula is C26H29BrN4O2S. The molecule has 34 heavy (non-hydrogen) atoms. The maximum absolute atomic E-state index is 6.47. The number of ether oxygens (including phenoxy) is 1. The normalized spacial score (nSPS) is 21.1. The lowest BCUT2D eigenvalue weighted by Gasteiger charge is -2.29. The minimum Gasteiger partial charge on any atom is -0.459 e. The van der Waals surface area contributed by atoms with Crippen LogP contribution in [0.4, 0.5) is 0 Å². The lowest BCUT2D eigenvalue weighted by atomic mass is 10.0. The first-order valence-corrected chi connectivity index (χ1v) is 12.9. The average Bonchev–Trinajstić information content (AvgIpc) is 3.45. The topological polar surface area (TPSA) is 53.8 Å². The molecular weight excluding hydrogens is 512 g/mol. The molecule has 0 radical (unpaired) electrons. The highest BCUT2D eigenvalue weighted by atomic mass is 79.9. The van der Waals surface area contributed by atoms with E-state index < -0.39 is 0 Å². The zero-order valence-electron chi connectivity index (χ0n) is 19.2. The molecule has 2 aliphatic rings. The number of hydrogen-bond acceptors (Lipinski definition) is 5. The van der Waals surface area contributed by atoms with Crippen LogP contribution in [-0.2, 0) is 4.74 Å². The molecule has 2 fully saturated rings. The van der Waals surface area contributed by atoms with Crippen LogP contribution in [0.25, 0.3) is 11.3 Å². The summed E-state index contributed by atoms with van der Waals surface area (Å²) in [5, 5.41) is 4.26. The van der Waals surface area contributed by atoms with Gasteiger partial charge < -0.3 is 19.4 Å². The molecule has 2 atom stereocenters. The molecule has 3 aromatic rings. The molecule has 1 aromatic carbocycles. The van der Waals surface area contributed by atoms with E-state index in [-0.39, 0.29) is 12.1 Å². The number of furan rings is 1. The Morgan fingerprint density at radius 1 is 1.12 bits per heavy atom. The Hall–Kier alpha value is -2.26. The zero-order chi connectivity index (χ0) is 23.5. The van der Waals surface area contributed by atoms with Crippen molar-refractivity contribution in [3.8, 4) is 11.3 Å². The van der Waals surface area contributed by atoms with Crippen molar-refractivity contribution in [2.75, 3.05) is 39.4 Å². The summed E-state index contributed by atoms with van der Waals surface area (Å²) in [4.78, 5) is 9.35. The zero-order valence-corrected chi connectivity index (χ0v) is 21.6. The van der Waals surface area contributed by atoms with Crippen LogP contribution in [-0.4, -0.2) is 59.3 Å². The molecule has 6 nitrogen and oxygen atoms in total. The maximum Gasteiger partial charge on any atom is 0.170 e. The SMILES string of the molecule is Cc1ccc(-c2ccc([C@H]3[C@H](c4ccccn4)NC(=S)N3CCCN3CCOCC3)o2)c(Br)c1. The molecule has 0 spiro atoms. The summed E-state index contributed by atoms with van der Waals surface area (Å²) in [6.07, 6.45) is 2.85. The summed E-state index contributed by atoms with van der Waals surface area (Å²) in [7, 11) is 0. The van der Waals surface area contributed by atoms with Gasteiger partial charge in [-0.15, -0.1) is 0 Å². The van der Waals surface area contributed by atoms with Crippen LogP contribution in [0.3, 0.4) is 0 Å². The predicted octanol–water partition coefficient (Wildman–Crippen LogP) is 5.11. The van der Waals surface area contributed by atoms with Crippen molar-refractivity contribution in [2.45, 2.75) is 25.4 Å². The smallest absolute Gasteiger partial charge is 0.170 e. The van der Waals surface area contributed by atoms with E-state index in [0.717, 1.165) is 78.2 Å². The van der Waals surface area contributed by atoms with Crippen LogP contribution in [0.5, 0.6) is 0 Å². The first-order valence-electron chi connectivity index (χ1n) is 11.7. The molecule has 0 amide bonds. The fourth-order valence-corrected chi connectivity index (χ4v) is 5.74. The largest absolute Gasteiger partial charge is 0.459 e. The van der Waals surface area contributed by atoms with Gasteiger partial charge in [0, 0.05) is 42.4 Å². The third-order valence-electron chi connectivity index (χ3n) is 6.48. The van der Waals surface area contributed by atoms with E-state index in [4.69, 9.17) is 21.4 Å². The van der Waals surface area contributed by atoms with Crippen LogP contribution in [0.1, 0.15) is 35.5 Å². The van der Waals surface area contributed by atoms with Crippen molar-refractivity contribution in [3.63, 3.8) is 0 Å². The Labute approximate surface area is 214 Å². The Bertz CT molecular complexity index is 1130. The second-order valence-corrected chi connectivity index (χ2v) is 10.1. The van der Waals surface area contributed by atoms with Gasteiger partial charge >= 0.3 is 0 Å². The van der Waals surface area contributed by atoms with E-state index >= 15 is 0 Å². The second-order valence-electron chi connectivity index (χ2n) is 8.81. The molecule has 8 heteroatoms. The molecule has 0 unspecified atom stereocenters. The minimum absolute atomic E-state index is 0.0648. The monoisotopic (exact) mass is 540 g/mol. The number of nitrogens with zero attached hydrogens (tertiary/aromatic N) is 3. The van der Waals surface area contributed by atoms with Gasteiger partial charge in [-0.2, -0.15) is 0 Å². The lowest BCUT2D eigenvalue weighted by Crippen LogP contribution is -2.38. The van der Waals surface area contributed by atoms with Gasteiger partial charge in [-0.3, -0.25) is 9.88 Å². The van der Waals surface area contributed by atoms with Crippen LogP contribution < -0.4 is 5.32 Å². The van der Waals surface area contributed by atoms with Gasteiger partial charge in [0.15, 0.2) is 5.11 Å². The molecule has 2 aromatic heterocycles. The standard InChI is InChI=1S/C26H29BrN4O2S/c1-18-6-7-19(20(27)17-18)22-8-9-23(33-22)25-24(21-5-2-3-10-28-21)29-26(34)31(25)12-4-11-30-13-15-32-16-14-30/h2-3,5-10,17,24-25H,4,11-16H2,1H3,(H,29,34)/t24-,25-/m0/s1. The van der Waals surface area contributed by atoms with E-state index in [2.05, 4.69) is 67.2 Å². The maximum atomic E-state index is 6.47. The Kier molecular flexibility index (Phi) is 7.29. The molecule has 2 aliphatic heterocycles. The van der Waals surface area contributed by atoms with E-state index in [0.29, 0.717) is 0 Å². The lowest BCUT2D eigenvalue weighted by molar-refractivity contribution is 0.0365. The van der Waals surface area contributed by atoms with Crippen molar-refractivity contribution in [1.82, 2.24) is 20.1 Å². The molecule has 0 bridgehead atoms. The number of pyridine rings is 1. The molecule has 0 aliphatic carbocycles. The van der Waals surface area contributed by atoms with Crippen LogP contribution in [0.2, 0.25) is 0 Å². The first-order chi connectivity index (χ1) is 16.6. The Balaban J connectivity index is 1.41. The number of thiocarbonyl (C=S) groups is 1. The van der Waals surface area contributed by atoms with Crippen molar-refractivity contribution in [3.05, 3.63) is 76.2 Å². The number of aryl methyl sites for hydroxylation is 1. The Morgan fingerprint density at radius 3 is 2.74 bits per heavy atom. The van der Waals surface area contributed by atoms with Crippen molar-refractivity contribution < 1.29 is 9.15 Å². The number of aromatic nitrogens is 1. The van der Waals surface area contributed by atoms with E-state index in [1.165, 1.54) is 5.56 Å². The van der Waals surface area contributed by atoms with Crippen molar-refractivity contribution in [2.24, 2.45) is 0 Å². The minimum atomic E-state index is -0.0717. The van der Waals surface area contributed by atoms with Crippen LogP contribution in [0.15, 0.2) is 63.6 Å². The summed E-state index contributed by atoms with van der Waals surface area (Å²) in [6, 6.07) is 16.3. The summed E-state index contributed by atoms with van der Waals surface area (Å²) < 4.78 is 13.0. The number of hydrogen-bond donors (Lipinski definition) is 1. The van der Waals surface area contributed by atoms with Gasteiger partial charge in [0.1, 0.15) is 17.6 Å². The van der Waals surface area contributed by atoms with Crippen LogP contribution >= 0.6 is 28.1 Å². The molecule has 4 heterocycles. The van der Waals surface area contributed by atoms with Gasteiger partial charge in [0.05, 0.1) is 24.9 Å². The molecule has 2 saturated heterocycles.